The third-order valence-electron chi connectivity index (χ3n) is 2.59. The van der Waals surface area contributed by atoms with Gasteiger partial charge in [-0.1, -0.05) is 24.2 Å². The minimum atomic E-state index is -4.59. The van der Waals surface area contributed by atoms with Crippen LogP contribution in [0.3, 0.4) is 0 Å². The molecule has 1 amide bonds. The summed E-state index contributed by atoms with van der Waals surface area (Å²) in [6.45, 7) is 3.48. The molecule has 21 heavy (non-hydrogen) atoms. The van der Waals surface area contributed by atoms with Crippen LogP contribution in [0.15, 0.2) is 31.0 Å². The Morgan fingerprint density at radius 3 is 2.52 bits per heavy atom. The van der Waals surface area contributed by atoms with Crippen molar-refractivity contribution in [3.8, 4) is 5.69 Å². The van der Waals surface area contributed by atoms with E-state index in [1.807, 2.05) is 0 Å². The summed E-state index contributed by atoms with van der Waals surface area (Å²) in [6.07, 6.45) is -4.00. The number of carbonyl (C=O) groups is 1. The van der Waals surface area contributed by atoms with Gasteiger partial charge in [-0.15, -0.1) is 9.90 Å². The van der Waals surface area contributed by atoms with Crippen LogP contribution in [0, 0.1) is 0 Å². The van der Waals surface area contributed by atoms with Crippen molar-refractivity contribution in [1.29, 1.82) is 0 Å². The highest BCUT2D eigenvalue weighted by Crippen LogP contribution is 2.28. The number of carbonyl (C=O) groups excluding carboxylic acids is 1. The summed E-state index contributed by atoms with van der Waals surface area (Å²) >= 11 is 5.96. The normalized spacial score (nSPS) is 11.4. The predicted octanol–water partition coefficient (Wildman–Crippen LogP) is 2.44. The number of alkyl halides is 3. The second kappa shape index (κ2) is 5.21. The Kier molecular flexibility index (Phi) is 3.73. The highest BCUT2D eigenvalue weighted by Gasteiger charge is 2.34. The molecule has 2 N–H and O–H groups in total. The van der Waals surface area contributed by atoms with Gasteiger partial charge in [0.2, 0.25) is 5.91 Å². The Morgan fingerprint density at radius 1 is 1.38 bits per heavy atom. The van der Waals surface area contributed by atoms with E-state index in [0.29, 0.717) is 11.8 Å². The number of amides is 1. The Morgan fingerprint density at radius 2 is 2.05 bits per heavy atom. The van der Waals surface area contributed by atoms with Crippen LogP contribution in [0.5, 0.6) is 0 Å². The topological polar surface area (TPSA) is 73.8 Å². The van der Waals surface area contributed by atoms with Gasteiger partial charge in [-0.25, -0.2) is 0 Å². The van der Waals surface area contributed by atoms with E-state index < -0.39 is 17.8 Å². The van der Waals surface area contributed by atoms with Crippen molar-refractivity contribution in [3.05, 3.63) is 47.3 Å². The van der Waals surface area contributed by atoms with E-state index in [-0.39, 0.29) is 16.3 Å². The van der Waals surface area contributed by atoms with Gasteiger partial charge >= 0.3 is 6.18 Å². The molecule has 1 aromatic heterocycles. The van der Waals surface area contributed by atoms with Crippen molar-refractivity contribution >= 4 is 23.1 Å². The number of benzene rings is 1. The van der Waals surface area contributed by atoms with Crippen molar-refractivity contribution in [2.24, 2.45) is 5.73 Å². The van der Waals surface area contributed by atoms with Crippen LogP contribution in [-0.2, 0) is 11.0 Å². The maximum absolute atomic E-state index is 12.5. The first-order valence-corrected chi connectivity index (χ1v) is 5.86. The minimum Gasteiger partial charge on any atom is -0.366 e. The molecule has 0 fully saturated rings. The maximum Gasteiger partial charge on any atom is 0.436 e. The Balaban J connectivity index is 2.40. The lowest BCUT2D eigenvalue weighted by Gasteiger charge is -2.07. The zero-order valence-electron chi connectivity index (χ0n) is 10.4. The molecule has 0 saturated heterocycles. The second-order valence-corrected chi connectivity index (χ2v) is 4.43. The summed E-state index contributed by atoms with van der Waals surface area (Å²) in [7, 11) is 0. The number of nitrogens with zero attached hydrogens (tertiary/aromatic N) is 3. The van der Waals surface area contributed by atoms with Crippen molar-refractivity contribution < 1.29 is 18.0 Å². The van der Waals surface area contributed by atoms with Gasteiger partial charge in [-0.2, -0.15) is 18.3 Å². The van der Waals surface area contributed by atoms with Crippen LogP contribution in [0.1, 0.15) is 11.3 Å². The first-order chi connectivity index (χ1) is 9.70. The second-order valence-electron chi connectivity index (χ2n) is 4.03. The van der Waals surface area contributed by atoms with Crippen molar-refractivity contribution in [3.63, 3.8) is 0 Å². The summed E-state index contributed by atoms with van der Waals surface area (Å²) in [5, 5.41) is 6.87. The fourth-order valence-corrected chi connectivity index (χ4v) is 1.76. The molecule has 110 valence electrons. The van der Waals surface area contributed by atoms with Crippen LogP contribution in [-0.4, -0.2) is 20.9 Å². The Bertz CT molecular complexity index is 724. The Hall–Kier alpha value is -2.35. The number of aromatic nitrogens is 3. The quantitative estimate of drug-likeness (QED) is 0.884. The van der Waals surface area contributed by atoms with Crippen molar-refractivity contribution in [2.75, 3.05) is 0 Å². The smallest absolute Gasteiger partial charge is 0.366 e. The van der Waals surface area contributed by atoms with Gasteiger partial charge in [0, 0.05) is 5.57 Å². The first kappa shape index (κ1) is 15.0. The van der Waals surface area contributed by atoms with E-state index in [0.717, 1.165) is 4.80 Å². The lowest BCUT2D eigenvalue weighted by molar-refractivity contribution is -0.141. The third kappa shape index (κ3) is 3.05. The van der Waals surface area contributed by atoms with Crippen molar-refractivity contribution in [1.82, 2.24) is 15.0 Å². The molecular weight excluding hydrogens is 309 g/mol. The van der Waals surface area contributed by atoms with Gasteiger partial charge in [-0.05, 0) is 17.7 Å². The van der Waals surface area contributed by atoms with E-state index in [2.05, 4.69) is 16.8 Å². The molecular formula is C12H8ClF3N4O. The van der Waals surface area contributed by atoms with E-state index in [9.17, 15) is 18.0 Å². The molecule has 0 aliphatic carbocycles. The van der Waals surface area contributed by atoms with Crippen LogP contribution >= 0.6 is 11.6 Å². The number of nitrogens with two attached hydrogens (primary N) is 1. The summed E-state index contributed by atoms with van der Waals surface area (Å²) in [5.74, 6) is -0.726. The zero-order chi connectivity index (χ0) is 15.8. The summed E-state index contributed by atoms with van der Waals surface area (Å²) in [5.41, 5.74) is 4.48. The molecule has 9 heteroatoms. The van der Waals surface area contributed by atoms with Gasteiger partial charge in [0.1, 0.15) is 5.69 Å². The zero-order valence-corrected chi connectivity index (χ0v) is 11.1. The van der Waals surface area contributed by atoms with E-state index >= 15 is 0 Å². The number of primary amides is 1. The molecule has 0 radical (unpaired) electrons. The molecule has 2 aromatic rings. The molecule has 0 saturated carbocycles. The lowest BCUT2D eigenvalue weighted by atomic mass is 10.1. The summed E-state index contributed by atoms with van der Waals surface area (Å²) < 4.78 is 37.4. The standard InChI is InChI=1S/C12H8ClF3N4O/c1-6(11(17)21)7-2-3-9(8(13)4-7)20-18-5-10(19-20)12(14,15)16/h2-5H,1H2,(H2,17,21). The molecule has 0 bridgehead atoms. The average molecular weight is 317 g/mol. The highest BCUT2D eigenvalue weighted by molar-refractivity contribution is 6.33. The van der Waals surface area contributed by atoms with Gasteiger partial charge in [0.15, 0.2) is 5.69 Å². The minimum absolute atomic E-state index is 0.0351. The molecule has 0 aliphatic rings. The number of rotatable bonds is 3. The van der Waals surface area contributed by atoms with Crippen LogP contribution < -0.4 is 5.73 Å². The summed E-state index contributed by atoms with van der Waals surface area (Å²) in [6, 6.07) is 4.15. The average Bonchev–Trinajstić information content (AvgIpc) is 2.86. The number of hydrogen-bond donors (Lipinski definition) is 1. The van der Waals surface area contributed by atoms with Crippen LogP contribution in [0.4, 0.5) is 13.2 Å². The predicted molar refractivity (Wildman–Crippen MR) is 69.6 cm³/mol. The highest BCUT2D eigenvalue weighted by atomic mass is 35.5. The maximum atomic E-state index is 12.5. The largest absolute Gasteiger partial charge is 0.436 e. The lowest BCUT2D eigenvalue weighted by Crippen LogP contribution is -2.12. The van der Waals surface area contributed by atoms with Crippen molar-refractivity contribution in [2.45, 2.75) is 6.18 Å². The number of halogens is 4. The van der Waals surface area contributed by atoms with E-state index in [1.165, 1.54) is 18.2 Å². The molecule has 0 aliphatic heterocycles. The van der Waals surface area contributed by atoms with Gasteiger partial charge in [0.25, 0.3) is 0 Å². The molecule has 5 nitrogen and oxygen atoms in total. The molecule has 2 rings (SSSR count). The van der Waals surface area contributed by atoms with E-state index in [1.54, 1.807) is 0 Å². The van der Waals surface area contributed by atoms with Gasteiger partial charge < -0.3 is 5.73 Å². The SMILES string of the molecule is C=C(C(N)=O)c1ccc(-n2ncc(C(F)(F)F)n2)c(Cl)c1. The molecule has 1 heterocycles. The van der Waals surface area contributed by atoms with E-state index in [4.69, 9.17) is 17.3 Å². The molecule has 0 atom stereocenters. The summed E-state index contributed by atoms with van der Waals surface area (Å²) in [4.78, 5) is 11.8. The first-order valence-electron chi connectivity index (χ1n) is 5.48. The third-order valence-corrected chi connectivity index (χ3v) is 2.89. The molecule has 1 aromatic carbocycles. The molecule has 0 unspecified atom stereocenters. The molecule has 0 spiro atoms. The van der Waals surface area contributed by atoms with Crippen LogP contribution in [0.25, 0.3) is 11.3 Å². The fourth-order valence-electron chi connectivity index (χ4n) is 1.51. The Labute approximate surface area is 121 Å². The van der Waals surface area contributed by atoms with Crippen LogP contribution in [0.2, 0.25) is 5.02 Å². The van der Waals surface area contributed by atoms with Gasteiger partial charge in [-0.3, -0.25) is 4.79 Å². The number of hydrogen-bond acceptors (Lipinski definition) is 3. The van der Waals surface area contributed by atoms with Gasteiger partial charge in [0.05, 0.1) is 11.2 Å². The monoisotopic (exact) mass is 316 g/mol. The fraction of sp³-hybridized carbons (Fsp3) is 0.0833.